The fraction of sp³-hybridized carbons (Fsp3) is 0.438. The van der Waals surface area contributed by atoms with Crippen LogP contribution in [0.5, 0.6) is 11.5 Å². The Morgan fingerprint density at radius 2 is 1.08 bits per heavy atom. The largest absolute Gasteiger partial charge is 0.490 e. The van der Waals surface area contributed by atoms with Gasteiger partial charge in [0.25, 0.3) is 0 Å². The van der Waals surface area contributed by atoms with Gasteiger partial charge in [-0.25, -0.2) is 0 Å². The first kappa shape index (κ1) is 27.8. The Morgan fingerprint density at radius 3 is 1.64 bits per heavy atom. The summed E-state index contributed by atoms with van der Waals surface area (Å²) in [4.78, 5) is 0. The Hall–Kier alpha value is -2.82. The minimum Gasteiger partial charge on any atom is -0.490 e. The molecule has 2 atom stereocenters. The van der Waals surface area contributed by atoms with Gasteiger partial charge in [0.2, 0.25) is 0 Å². The zero-order valence-electron chi connectivity index (χ0n) is 23.6. The molecule has 0 aromatic heterocycles. The van der Waals surface area contributed by atoms with E-state index in [1.165, 1.54) is 11.1 Å². The van der Waals surface area contributed by atoms with Gasteiger partial charge in [0.1, 0.15) is 23.7 Å². The first-order chi connectivity index (χ1) is 16.9. The van der Waals surface area contributed by atoms with Crippen molar-refractivity contribution >= 4 is 0 Å². The molecular formula is C32H46N2O2+2. The lowest BCUT2D eigenvalue weighted by molar-refractivity contribution is -0.870. The molecule has 194 valence electrons. The van der Waals surface area contributed by atoms with Gasteiger partial charge in [0.15, 0.2) is 0 Å². The maximum absolute atomic E-state index is 6.49. The first-order valence-corrected chi connectivity index (χ1v) is 13.1. The molecule has 0 saturated heterocycles. The lowest BCUT2D eigenvalue weighted by Crippen LogP contribution is -2.37. The van der Waals surface area contributed by atoms with Gasteiger partial charge < -0.3 is 18.4 Å². The second kappa shape index (κ2) is 11.9. The Morgan fingerprint density at radius 1 is 0.583 bits per heavy atom. The van der Waals surface area contributed by atoms with E-state index in [1.807, 2.05) is 12.1 Å². The van der Waals surface area contributed by atoms with Crippen LogP contribution in [0.4, 0.5) is 0 Å². The summed E-state index contributed by atoms with van der Waals surface area (Å²) < 4.78 is 14.7. The van der Waals surface area contributed by atoms with E-state index in [0.29, 0.717) is 0 Å². The van der Waals surface area contributed by atoms with Crippen molar-refractivity contribution in [2.24, 2.45) is 0 Å². The SMILES string of the molecule is CC(CC[N+](C)(C)C)Oc1ccc(OC(C)CC[N+](C)(C)C)c(-c2ccc(-c3ccccc3)cc2)c1. The molecule has 0 radical (unpaired) electrons. The van der Waals surface area contributed by atoms with Crippen LogP contribution >= 0.6 is 0 Å². The zero-order valence-corrected chi connectivity index (χ0v) is 23.6. The molecule has 0 bridgehead atoms. The van der Waals surface area contributed by atoms with Crippen molar-refractivity contribution in [1.29, 1.82) is 0 Å². The third kappa shape index (κ3) is 9.00. The molecule has 0 N–H and O–H groups in total. The van der Waals surface area contributed by atoms with Crippen molar-refractivity contribution < 1.29 is 18.4 Å². The van der Waals surface area contributed by atoms with Crippen LogP contribution in [0.15, 0.2) is 72.8 Å². The monoisotopic (exact) mass is 490 g/mol. The molecule has 0 heterocycles. The molecule has 0 aliphatic carbocycles. The van der Waals surface area contributed by atoms with Crippen molar-refractivity contribution in [3.63, 3.8) is 0 Å². The van der Waals surface area contributed by atoms with Crippen LogP contribution in [0, 0.1) is 0 Å². The number of hydrogen-bond acceptors (Lipinski definition) is 2. The summed E-state index contributed by atoms with van der Waals surface area (Å²) in [6.07, 6.45) is 2.27. The van der Waals surface area contributed by atoms with Gasteiger partial charge in [-0.2, -0.15) is 0 Å². The highest BCUT2D eigenvalue weighted by atomic mass is 16.5. The molecule has 0 spiro atoms. The second-order valence-electron chi connectivity index (χ2n) is 12.1. The van der Waals surface area contributed by atoms with Crippen LogP contribution in [-0.4, -0.2) is 76.5 Å². The van der Waals surface area contributed by atoms with E-state index < -0.39 is 0 Å². The van der Waals surface area contributed by atoms with Crippen molar-refractivity contribution in [1.82, 2.24) is 0 Å². The topological polar surface area (TPSA) is 18.5 Å². The minimum atomic E-state index is 0.125. The van der Waals surface area contributed by atoms with E-state index in [-0.39, 0.29) is 12.2 Å². The molecule has 0 saturated carbocycles. The molecular weight excluding hydrogens is 444 g/mol. The van der Waals surface area contributed by atoms with Crippen molar-refractivity contribution in [2.45, 2.75) is 38.9 Å². The van der Waals surface area contributed by atoms with E-state index in [4.69, 9.17) is 9.47 Å². The van der Waals surface area contributed by atoms with Crippen LogP contribution < -0.4 is 9.47 Å². The summed E-state index contributed by atoms with van der Waals surface area (Å²) in [6, 6.07) is 25.5. The van der Waals surface area contributed by atoms with Crippen molar-refractivity contribution in [3.05, 3.63) is 72.8 Å². The third-order valence-electron chi connectivity index (χ3n) is 6.33. The highest BCUT2D eigenvalue weighted by Gasteiger charge is 2.17. The highest BCUT2D eigenvalue weighted by Crippen LogP contribution is 2.36. The molecule has 3 rings (SSSR count). The summed E-state index contributed by atoms with van der Waals surface area (Å²) in [5.74, 6) is 1.79. The summed E-state index contributed by atoms with van der Waals surface area (Å²) in [5.41, 5.74) is 4.63. The van der Waals surface area contributed by atoms with Crippen LogP contribution in [0.2, 0.25) is 0 Å². The molecule has 36 heavy (non-hydrogen) atoms. The average Bonchev–Trinajstić information content (AvgIpc) is 2.82. The standard InChI is InChI=1S/C32H46N2O2/c1-25(20-22-33(3,4)5)35-30-18-19-32(36-26(2)21-23-34(6,7)8)31(24-30)29-16-14-28(15-17-29)27-12-10-9-11-13-27/h9-19,24-26H,20-23H2,1-8H3/q+2. The third-order valence-corrected chi connectivity index (χ3v) is 6.33. The zero-order chi connectivity index (χ0) is 26.3. The fourth-order valence-corrected chi connectivity index (χ4v) is 4.09. The Labute approximate surface area is 219 Å². The van der Waals surface area contributed by atoms with Gasteiger partial charge in [0.05, 0.1) is 55.4 Å². The second-order valence-corrected chi connectivity index (χ2v) is 12.1. The minimum absolute atomic E-state index is 0.125. The summed E-state index contributed by atoms with van der Waals surface area (Å²) in [7, 11) is 13.3. The lowest BCUT2D eigenvalue weighted by Gasteiger charge is -2.27. The maximum atomic E-state index is 6.49. The predicted octanol–water partition coefficient (Wildman–Crippen LogP) is 6.75. The quantitative estimate of drug-likeness (QED) is 0.262. The number of rotatable bonds is 12. The van der Waals surface area contributed by atoms with Crippen molar-refractivity contribution in [3.8, 4) is 33.8 Å². The van der Waals surface area contributed by atoms with Gasteiger partial charge in [-0.15, -0.1) is 0 Å². The molecule has 0 aliphatic rings. The molecule has 3 aromatic carbocycles. The fourth-order valence-electron chi connectivity index (χ4n) is 4.09. The molecule has 2 unspecified atom stereocenters. The molecule has 0 amide bonds. The van der Waals surface area contributed by atoms with Crippen LogP contribution in [0.3, 0.4) is 0 Å². The maximum Gasteiger partial charge on any atom is 0.127 e. The molecule has 0 fully saturated rings. The normalized spacial score (nSPS) is 13.8. The van der Waals surface area contributed by atoms with Gasteiger partial charge in [-0.3, -0.25) is 0 Å². The van der Waals surface area contributed by atoms with Crippen molar-refractivity contribution in [2.75, 3.05) is 55.4 Å². The Balaban J connectivity index is 1.85. The summed E-state index contributed by atoms with van der Waals surface area (Å²) >= 11 is 0. The first-order valence-electron chi connectivity index (χ1n) is 13.1. The smallest absolute Gasteiger partial charge is 0.127 e. The Bertz CT molecular complexity index is 1080. The molecule has 4 heteroatoms. The Kier molecular flexibility index (Phi) is 9.21. The van der Waals surface area contributed by atoms with E-state index in [0.717, 1.165) is 57.5 Å². The average molecular weight is 491 g/mol. The van der Waals surface area contributed by atoms with Gasteiger partial charge >= 0.3 is 0 Å². The molecule has 4 nitrogen and oxygen atoms in total. The molecule has 0 aliphatic heterocycles. The van der Waals surface area contributed by atoms with Crippen LogP contribution in [-0.2, 0) is 0 Å². The number of quaternary nitrogens is 2. The number of ether oxygens (including phenoxy) is 2. The number of nitrogens with zero attached hydrogens (tertiary/aromatic N) is 2. The van der Waals surface area contributed by atoms with E-state index >= 15 is 0 Å². The predicted molar refractivity (Wildman–Crippen MR) is 153 cm³/mol. The number of hydrogen-bond donors (Lipinski definition) is 0. The van der Waals surface area contributed by atoms with Crippen LogP contribution in [0.25, 0.3) is 22.3 Å². The molecule has 3 aromatic rings. The highest BCUT2D eigenvalue weighted by molar-refractivity contribution is 5.75. The van der Waals surface area contributed by atoms with E-state index in [9.17, 15) is 0 Å². The number of benzene rings is 3. The van der Waals surface area contributed by atoms with Gasteiger partial charge in [0, 0.05) is 18.4 Å². The van der Waals surface area contributed by atoms with Crippen LogP contribution in [0.1, 0.15) is 26.7 Å². The van der Waals surface area contributed by atoms with E-state index in [1.54, 1.807) is 0 Å². The van der Waals surface area contributed by atoms with Gasteiger partial charge in [-0.1, -0.05) is 54.6 Å². The summed E-state index contributed by atoms with van der Waals surface area (Å²) in [5, 5.41) is 0. The van der Waals surface area contributed by atoms with E-state index in [2.05, 4.69) is 117 Å². The lowest BCUT2D eigenvalue weighted by atomic mass is 9.99. The summed E-state index contributed by atoms with van der Waals surface area (Å²) in [6.45, 7) is 6.45. The van der Waals surface area contributed by atoms with Gasteiger partial charge in [-0.05, 0) is 48.7 Å².